The van der Waals surface area contributed by atoms with E-state index in [0.29, 0.717) is 6.42 Å². The maximum Gasteiger partial charge on any atom is 0.416 e. The molecular weight excluding hydrogens is 389 g/mol. The van der Waals surface area contributed by atoms with Gasteiger partial charge in [-0.2, -0.15) is 18.3 Å². The summed E-state index contributed by atoms with van der Waals surface area (Å²) in [7, 11) is 0. The highest BCUT2D eigenvalue weighted by Gasteiger charge is 2.30. The van der Waals surface area contributed by atoms with Crippen LogP contribution in [0, 0.1) is 12.8 Å². The molecule has 0 spiro atoms. The first kappa shape index (κ1) is 22.2. The van der Waals surface area contributed by atoms with Crippen LogP contribution in [0.15, 0.2) is 44.6 Å². The van der Waals surface area contributed by atoms with Crippen LogP contribution in [0.2, 0.25) is 0 Å². The minimum atomic E-state index is -4.51. The molecule has 0 atom stereocenters. The van der Waals surface area contributed by atoms with Gasteiger partial charge in [-0.25, -0.2) is 10.2 Å². The van der Waals surface area contributed by atoms with Crippen molar-refractivity contribution in [2.75, 3.05) is 0 Å². The Morgan fingerprint density at radius 2 is 1.86 bits per heavy atom. The van der Waals surface area contributed by atoms with Crippen molar-refractivity contribution in [1.82, 2.24) is 5.43 Å². The Morgan fingerprint density at radius 3 is 2.38 bits per heavy atom. The van der Waals surface area contributed by atoms with E-state index in [1.165, 1.54) is 13.0 Å². The van der Waals surface area contributed by atoms with Gasteiger partial charge >= 0.3 is 11.8 Å². The van der Waals surface area contributed by atoms with Crippen molar-refractivity contribution in [3.05, 3.63) is 63.2 Å². The number of benzene rings is 1. The lowest BCUT2D eigenvalue weighted by Crippen LogP contribution is -2.23. The molecule has 0 aliphatic carbocycles. The molecule has 0 unspecified atom stereocenters. The predicted molar refractivity (Wildman–Crippen MR) is 101 cm³/mol. The van der Waals surface area contributed by atoms with Gasteiger partial charge in [-0.05, 0) is 49.9 Å². The summed E-state index contributed by atoms with van der Waals surface area (Å²) in [5.41, 5.74) is 0.466. The summed E-state index contributed by atoms with van der Waals surface area (Å²) in [5.74, 6) is -0.611. The molecule has 0 aliphatic rings. The number of carbonyl (C=O) groups excluding carboxylic acids is 1. The number of hydrogen-bond acceptors (Lipinski definition) is 5. The van der Waals surface area contributed by atoms with E-state index in [-0.39, 0.29) is 40.7 Å². The molecule has 0 saturated carbocycles. The van der Waals surface area contributed by atoms with Crippen LogP contribution in [0.25, 0.3) is 0 Å². The molecule has 9 heteroatoms. The third-order valence-corrected chi connectivity index (χ3v) is 4.07. The molecule has 29 heavy (non-hydrogen) atoms. The molecular formula is C20H21F3N2O4. The fourth-order valence-electron chi connectivity index (χ4n) is 2.52. The third kappa shape index (κ3) is 5.94. The van der Waals surface area contributed by atoms with E-state index in [1.807, 2.05) is 13.8 Å². The molecule has 0 aliphatic heterocycles. The minimum absolute atomic E-state index is 0.0369. The number of nitrogens with zero attached hydrogens (tertiary/aromatic N) is 1. The van der Waals surface area contributed by atoms with Crippen LogP contribution in [-0.4, -0.2) is 16.7 Å². The third-order valence-electron chi connectivity index (χ3n) is 4.07. The summed E-state index contributed by atoms with van der Waals surface area (Å²) in [6.07, 6.45) is -3.62. The highest BCUT2D eigenvalue weighted by atomic mass is 19.4. The van der Waals surface area contributed by atoms with Gasteiger partial charge in [0, 0.05) is 11.6 Å². The first-order valence-corrected chi connectivity index (χ1v) is 8.87. The number of aryl methyl sites for hydroxylation is 1. The van der Waals surface area contributed by atoms with E-state index in [1.54, 1.807) is 0 Å². The van der Waals surface area contributed by atoms with Crippen molar-refractivity contribution in [2.24, 2.45) is 11.0 Å². The van der Waals surface area contributed by atoms with Gasteiger partial charge in [0.2, 0.25) is 0 Å². The molecule has 156 valence electrons. The van der Waals surface area contributed by atoms with Crippen molar-refractivity contribution in [3.8, 4) is 5.75 Å². The Bertz CT molecular complexity index is 961. The molecule has 0 radical (unpaired) electrons. The first-order valence-electron chi connectivity index (χ1n) is 8.87. The molecule has 1 aromatic heterocycles. The Kier molecular flexibility index (Phi) is 6.84. The number of amides is 1. The van der Waals surface area contributed by atoms with Gasteiger partial charge in [0.15, 0.2) is 0 Å². The van der Waals surface area contributed by atoms with Crippen LogP contribution in [-0.2, 0) is 6.18 Å². The Hall–Kier alpha value is -3.10. The van der Waals surface area contributed by atoms with Crippen molar-refractivity contribution >= 4 is 11.6 Å². The standard InChI is InChI=1S/C20H21F3N2O4/c1-11(2)4-9-15(17-16(26)10-12(3)29-19(17)28)24-25-18(27)13-5-7-14(8-6-13)20(21,22)23/h5-8,10-11,26H,4,9H2,1-3H3,(H,25,27)/b24-15+. The van der Waals surface area contributed by atoms with E-state index in [2.05, 4.69) is 10.5 Å². The van der Waals surface area contributed by atoms with Gasteiger partial charge in [-0.15, -0.1) is 0 Å². The lowest BCUT2D eigenvalue weighted by molar-refractivity contribution is -0.137. The predicted octanol–water partition coefficient (Wildman–Crippen LogP) is 4.24. The van der Waals surface area contributed by atoms with E-state index in [0.717, 1.165) is 24.3 Å². The zero-order valence-electron chi connectivity index (χ0n) is 16.1. The topological polar surface area (TPSA) is 91.9 Å². The number of rotatable bonds is 6. The smallest absolute Gasteiger partial charge is 0.416 e. The average Bonchev–Trinajstić information content (AvgIpc) is 2.61. The molecule has 2 N–H and O–H groups in total. The maximum absolute atomic E-state index is 12.6. The average molecular weight is 410 g/mol. The normalized spacial score (nSPS) is 12.3. The molecule has 6 nitrogen and oxygen atoms in total. The van der Waals surface area contributed by atoms with Crippen LogP contribution in [0.3, 0.4) is 0 Å². The highest BCUT2D eigenvalue weighted by Crippen LogP contribution is 2.29. The lowest BCUT2D eigenvalue weighted by Gasteiger charge is -2.10. The summed E-state index contributed by atoms with van der Waals surface area (Å²) >= 11 is 0. The van der Waals surface area contributed by atoms with E-state index >= 15 is 0 Å². The number of carbonyl (C=O) groups is 1. The lowest BCUT2D eigenvalue weighted by atomic mass is 10.0. The fraction of sp³-hybridized carbons (Fsp3) is 0.350. The molecule has 1 aromatic carbocycles. The monoisotopic (exact) mass is 410 g/mol. The van der Waals surface area contributed by atoms with Crippen molar-refractivity contribution in [1.29, 1.82) is 0 Å². The second kappa shape index (κ2) is 8.93. The second-order valence-corrected chi connectivity index (χ2v) is 6.91. The van der Waals surface area contributed by atoms with Gasteiger partial charge in [-0.1, -0.05) is 13.8 Å². The highest BCUT2D eigenvalue weighted by molar-refractivity contribution is 6.03. The zero-order chi connectivity index (χ0) is 21.8. The number of halogens is 3. The summed E-state index contributed by atoms with van der Waals surface area (Å²) in [6.45, 7) is 5.41. The van der Waals surface area contributed by atoms with Crippen molar-refractivity contribution in [3.63, 3.8) is 0 Å². The largest absolute Gasteiger partial charge is 0.507 e. The van der Waals surface area contributed by atoms with Gasteiger partial charge in [0.25, 0.3) is 5.91 Å². The van der Waals surface area contributed by atoms with Crippen LogP contribution in [0.4, 0.5) is 13.2 Å². The number of aromatic hydroxyl groups is 1. The number of alkyl halides is 3. The first-order chi connectivity index (χ1) is 13.5. The molecule has 0 saturated heterocycles. The molecule has 1 heterocycles. The summed E-state index contributed by atoms with van der Waals surface area (Å²) in [4.78, 5) is 24.4. The van der Waals surface area contributed by atoms with E-state index < -0.39 is 23.3 Å². The SMILES string of the molecule is Cc1cc(O)c(/C(CCC(C)C)=N/NC(=O)c2ccc(C(F)(F)F)cc2)c(=O)o1. The summed E-state index contributed by atoms with van der Waals surface area (Å²) in [5, 5.41) is 14.1. The zero-order valence-corrected chi connectivity index (χ0v) is 16.1. The van der Waals surface area contributed by atoms with Crippen LogP contribution < -0.4 is 11.1 Å². The quantitative estimate of drug-likeness (QED) is 0.550. The summed E-state index contributed by atoms with van der Waals surface area (Å²) in [6, 6.07) is 4.90. The van der Waals surface area contributed by atoms with E-state index in [4.69, 9.17) is 4.42 Å². The Balaban J connectivity index is 2.30. The fourth-order valence-corrected chi connectivity index (χ4v) is 2.52. The molecule has 0 fully saturated rings. The number of hydrogen-bond donors (Lipinski definition) is 2. The van der Waals surface area contributed by atoms with E-state index in [9.17, 15) is 27.9 Å². The van der Waals surface area contributed by atoms with Gasteiger partial charge in [0.1, 0.15) is 17.1 Å². The van der Waals surface area contributed by atoms with Gasteiger partial charge < -0.3 is 9.52 Å². The van der Waals surface area contributed by atoms with Gasteiger partial charge in [-0.3, -0.25) is 4.79 Å². The molecule has 2 aromatic rings. The molecule has 0 bridgehead atoms. The van der Waals surface area contributed by atoms with Crippen LogP contribution >= 0.6 is 0 Å². The molecule has 1 amide bonds. The van der Waals surface area contributed by atoms with Crippen molar-refractivity contribution < 1.29 is 27.5 Å². The van der Waals surface area contributed by atoms with Crippen molar-refractivity contribution in [2.45, 2.75) is 39.8 Å². The summed E-state index contributed by atoms with van der Waals surface area (Å²) < 4.78 is 42.9. The molecule has 2 rings (SSSR count). The van der Waals surface area contributed by atoms with Crippen LogP contribution in [0.1, 0.15) is 53.9 Å². The van der Waals surface area contributed by atoms with Gasteiger partial charge in [0.05, 0.1) is 11.3 Å². The number of nitrogens with one attached hydrogen (secondary N) is 1. The Labute approximate surface area is 165 Å². The Morgan fingerprint density at radius 1 is 1.24 bits per heavy atom. The second-order valence-electron chi connectivity index (χ2n) is 6.91. The van der Waals surface area contributed by atoms with Crippen LogP contribution in [0.5, 0.6) is 5.75 Å². The maximum atomic E-state index is 12.6. The minimum Gasteiger partial charge on any atom is -0.507 e. The number of hydrazone groups is 1.